The monoisotopic (exact) mass is 423 g/mol. The molecule has 0 bridgehead atoms. The summed E-state index contributed by atoms with van der Waals surface area (Å²) in [6, 6.07) is 15.1. The summed E-state index contributed by atoms with van der Waals surface area (Å²) in [6.45, 7) is 3.07. The first-order valence-corrected chi connectivity index (χ1v) is 9.31. The molecule has 2 aromatic carbocycles. The van der Waals surface area contributed by atoms with Crippen molar-refractivity contribution in [3.8, 4) is 0 Å². The lowest BCUT2D eigenvalue weighted by atomic mass is 9.98. The highest BCUT2D eigenvalue weighted by Crippen LogP contribution is 2.37. The van der Waals surface area contributed by atoms with E-state index >= 15 is 0 Å². The molecule has 0 aliphatic carbocycles. The molecule has 1 unspecified atom stereocenters. The van der Waals surface area contributed by atoms with Crippen molar-refractivity contribution in [1.29, 1.82) is 0 Å². The van der Waals surface area contributed by atoms with Gasteiger partial charge in [-0.25, -0.2) is 0 Å². The molecule has 0 aliphatic heterocycles. The molecule has 0 fully saturated rings. The van der Waals surface area contributed by atoms with Gasteiger partial charge in [-0.05, 0) is 52.7 Å². The van der Waals surface area contributed by atoms with Gasteiger partial charge in [-0.1, -0.05) is 57.0 Å². The lowest BCUT2D eigenvalue weighted by Crippen LogP contribution is -2.22. The van der Waals surface area contributed by atoms with Gasteiger partial charge >= 0.3 is 0 Å². The SMILES string of the molecule is CCNC(c1cc(Br)ccc1Br)c1csc2ccccc12. The van der Waals surface area contributed by atoms with Crippen LogP contribution in [-0.2, 0) is 0 Å². The molecule has 0 radical (unpaired) electrons. The minimum Gasteiger partial charge on any atom is -0.306 e. The van der Waals surface area contributed by atoms with Crippen LogP contribution in [0.5, 0.6) is 0 Å². The van der Waals surface area contributed by atoms with Gasteiger partial charge in [-0.15, -0.1) is 11.3 Å². The summed E-state index contributed by atoms with van der Waals surface area (Å²) in [7, 11) is 0. The summed E-state index contributed by atoms with van der Waals surface area (Å²) in [4.78, 5) is 0. The standard InChI is InChI=1S/C17H15Br2NS/c1-2-20-17(13-9-11(18)7-8-15(13)19)14-10-21-16-6-4-3-5-12(14)16/h3-10,17,20H,2H2,1H3. The molecular weight excluding hydrogens is 410 g/mol. The molecule has 21 heavy (non-hydrogen) atoms. The van der Waals surface area contributed by atoms with E-state index < -0.39 is 0 Å². The van der Waals surface area contributed by atoms with Crippen LogP contribution in [0.15, 0.2) is 56.8 Å². The largest absolute Gasteiger partial charge is 0.306 e. The van der Waals surface area contributed by atoms with E-state index in [0.717, 1.165) is 15.5 Å². The zero-order valence-corrected chi connectivity index (χ0v) is 15.6. The quantitative estimate of drug-likeness (QED) is 0.531. The average Bonchev–Trinajstić information content (AvgIpc) is 2.91. The number of thiophene rings is 1. The maximum atomic E-state index is 3.69. The number of halogens is 2. The van der Waals surface area contributed by atoms with Crippen LogP contribution in [-0.4, -0.2) is 6.54 Å². The Hall–Kier alpha value is -0.680. The number of nitrogens with one attached hydrogen (secondary N) is 1. The number of hydrogen-bond acceptors (Lipinski definition) is 2. The van der Waals surface area contributed by atoms with E-state index in [9.17, 15) is 0 Å². The van der Waals surface area contributed by atoms with Crippen LogP contribution >= 0.6 is 43.2 Å². The Balaban J connectivity index is 2.15. The van der Waals surface area contributed by atoms with Gasteiger partial charge in [-0.2, -0.15) is 0 Å². The zero-order chi connectivity index (χ0) is 14.8. The first-order chi connectivity index (χ1) is 10.2. The fourth-order valence-electron chi connectivity index (χ4n) is 2.55. The van der Waals surface area contributed by atoms with E-state index in [0.29, 0.717) is 0 Å². The van der Waals surface area contributed by atoms with Gasteiger partial charge in [0.05, 0.1) is 6.04 Å². The van der Waals surface area contributed by atoms with Gasteiger partial charge in [-0.3, -0.25) is 0 Å². The van der Waals surface area contributed by atoms with Crippen LogP contribution in [0.25, 0.3) is 10.1 Å². The first-order valence-electron chi connectivity index (χ1n) is 6.85. The first kappa shape index (κ1) is 15.2. The van der Waals surface area contributed by atoms with Crippen LogP contribution < -0.4 is 5.32 Å². The molecule has 0 amide bonds. The third-order valence-corrected chi connectivity index (χ3v) is 5.70. The smallest absolute Gasteiger partial charge is 0.0602 e. The Kier molecular flexibility index (Phi) is 4.79. The molecule has 1 heterocycles. The van der Waals surface area contributed by atoms with Crippen molar-refractivity contribution >= 4 is 53.3 Å². The number of benzene rings is 2. The van der Waals surface area contributed by atoms with E-state index in [1.165, 1.54) is 21.2 Å². The van der Waals surface area contributed by atoms with Crippen molar-refractivity contribution in [3.05, 3.63) is 67.9 Å². The minimum atomic E-state index is 0.193. The molecule has 0 saturated heterocycles. The molecule has 1 N–H and O–H groups in total. The summed E-state index contributed by atoms with van der Waals surface area (Å²) in [5.74, 6) is 0. The summed E-state index contributed by atoms with van der Waals surface area (Å²) in [5, 5.41) is 7.22. The molecule has 1 atom stereocenters. The molecule has 0 saturated carbocycles. The van der Waals surface area contributed by atoms with Crippen molar-refractivity contribution < 1.29 is 0 Å². The van der Waals surface area contributed by atoms with Gasteiger partial charge < -0.3 is 5.32 Å². The van der Waals surface area contributed by atoms with Crippen LogP contribution in [0.3, 0.4) is 0 Å². The molecule has 0 spiro atoms. The van der Waals surface area contributed by atoms with Crippen LogP contribution in [0.4, 0.5) is 0 Å². The molecule has 4 heteroatoms. The lowest BCUT2D eigenvalue weighted by Gasteiger charge is -2.20. The van der Waals surface area contributed by atoms with Crippen LogP contribution in [0, 0.1) is 0 Å². The Morgan fingerprint density at radius 2 is 1.90 bits per heavy atom. The average molecular weight is 425 g/mol. The molecule has 3 aromatic rings. The van der Waals surface area contributed by atoms with Gasteiger partial charge in [0.15, 0.2) is 0 Å². The summed E-state index contributed by atoms with van der Waals surface area (Å²) >= 11 is 9.08. The Morgan fingerprint density at radius 3 is 2.71 bits per heavy atom. The summed E-state index contributed by atoms with van der Waals surface area (Å²) in [5.41, 5.74) is 2.60. The highest BCUT2D eigenvalue weighted by Gasteiger charge is 2.19. The predicted molar refractivity (Wildman–Crippen MR) is 99.2 cm³/mol. The van der Waals surface area contributed by atoms with E-state index in [4.69, 9.17) is 0 Å². The lowest BCUT2D eigenvalue weighted by molar-refractivity contribution is 0.633. The van der Waals surface area contributed by atoms with Crippen molar-refractivity contribution in [2.45, 2.75) is 13.0 Å². The fraction of sp³-hybridized carbons (Fsp3) is 0.176. The molecular formula is C17H15Br2NS. The van der Waals surface area contributed by atoms with Crippen molar-refractivity contribution in [2.75, 3.05) is 6.54 Å². The Bertz CT molecular complexity index is 766. The van der Waals surface area contributed by atoms with Gasteiger partial charge in [0.1, 0.15) is 0 Å². The van der Waals surface area contributed by atoms with Crippen molar-refractivity contribution in [3.63, 3.8) is 0 Å². The maximum absolute atomic E-state index is 3.69. The fourth-order valence-corrected chi connectivity index (χ4v) is 4.39. The third kappa shape index (κ3) is 3.09. The van der Waals surface area contributed by atoms with E-state index in [1.54, 1.807) is 11.3 Å². The number of fused-ring (bicyclic) bond motifs is 1. The summed E-state index contributed by atoms with van der Waals surface area (Å²) < 4.78 is 3.57. The maximum Gasteiger partial charge on any atom is 0.0602 e. The van der Waals surface area contributed by atoms with Gasteiger partial charge in [0.2, 0.25) is 0 Å². The second-order valence-electron chi connectivity index (χ2n) is 4.84. The van der Waals surface area contributed by atoms with Gasteiger partial charge in [0.25, 0.3) is 0 Å². The molecule has 3 rings (SSSR count). The predicted octanol–water partition coefficient (Wildman–Crippen LogP) is 6.13. The number of rotatable bonds is 4. The second-order valence-corrected chi connectivity index (χ2v) is 7.52. The highest BCUT2D eigenvalue weighted by molar-refractivity contribution is 9.11. The minimum absolute atomic E-state index is 0.193. The van der Waals surface area contributed by atoms with Crippen molar-refractivity contribution in [2.24, 2.45) is 0 Å². The molecule has 108 valence electrons. The second kappa shape index (κ2) is 6.61. The summed E-state index contributed by atoms with van der Waals surface area (Å²) in [6.07, 6.45) is 0. The van der Waals surface area contributed by atoms with E-state index in [2.05, 4.69) is 91.9 Å². The highest BCUT2D eigenvalue weighted by atomic mass is 79.9. The zero-order valence-electron chi connectivity index (χ0n) is 11.6. The molecule has 1 aromatic heterocycles. The van der Waals surface area contributed by atoms with Crippen LogP contribution in [0.2, 0.25) is 0 Å². The number of hydrogen-bond donors (Lipinski definition) is 1. The Morgan fingerprint density at radius 1 is 1.10 bits per heavy atom. The van der Waals surface area contributed by atoms with Crippen molar-refractivity contribution in [1.82, 2.24) is 5.32 Å². The molecule has 0 aliphatic rings. The third-order valence-electron chi connectivity index (χ3n) is 3.50. The van der Waals surface area contributed by atoms with E-state index in [-0.39, 0.29) is 6.04 Å². The topological polar surface area (TPSA) is 12.0 Å². The Labute approximate surface area is 145 Å². The van der Waals surface area contributed by atoms with Crippen LogP contribution in [0.1, 0.15) is 24.1 Å². The molecule has 1 nitrogen and oxygen atoms in total. The normalized spacial score (nSPS) is 12.7. The van der Waals surface area contributed by atoms with Gasteiger partial charge in [0, 0.05) is 13.6 Å². The van der Waals surface area contributed by atoms with E-state index in [1.807, 2.05) is 0 Å².